The highest BCUT2D eigenvalue weighted by Gasteiger charge is 2.41. The van der Waals surface area contributed by atoms with Crippen molar-refractivity contribution in [2.24, 2.45) is 0 Å². The smallest absolute Gasteiger partial charge is 0.111 e. The van der Waals surface area contributed by atoms with Crippen LogP contribution in [0.4, 0.5) is 0 Å². The topological polar surface area (TPSA) is 0 Å². The van der Waals surface area contributed by atoms with Crippen LogP contribution in [0.3, 0.4) is 0 Å². The second-order valence-corrected chi connectivity index (χ2v) is 10.3. The van der Waals surface area contributed by atoms with E-state index in [1.54, 1.807) is 4.62 Å². The quantitative estimate of drug-likeness (QED) is 0.431. The normalized spacial score (nSPS) is 16.7. The predicted octanol–water partition coefficient (Wildman–Crippen LogP) is 3.58. The number of hydrogen-bond acceptors (Lipinski definition) is 1. The fourth-order valence-electron chi connectivity index (χ4n) is 1.02. The highest BCUT2D eigenvalue weighted by atomic mass is 79.9. The first kappa shape index (κ1) is 13.2. The molecule has 14 heavy (non-hydrogen) atoms. The van der Waals surface area contributed by atoms with Gasteiger partial charge in [0, 0.05) is 5.16 Å². The van der Waals surface area contributed by atoms with Gasteiger partial charge in [0.05, 0.1) is 9.54 Å². The van der Waals surface area contributed by atoms with E-state index in [0.717, 1.165) is 0 Å². The molecule has 1 aromatic heterocycles. The van der Waals surface area contributed by atoms with Crippen LogP contribution < -0.4 is 4.62 Å². The molecule has 0 amide bonds. The van der Waals surface area contributed by atoms with Crippen molar-refractivity contribution in [1.82, 2.24) is 0 Å². The molecule has 0 aliphatic heterocycles. The summed E-state index contributed by atoms with van der Waals surface area (Å²) in [5.41, 5.74) is 0. The van der Waals surface area contributed by atoms with Gasteiger partial charge in [-0.25, -0.2) is 0 Å². The summed E-state index contributed by atoms with van der Waals surface area (Å²) >= 11 is 9.40. The van der Waals surface area contributed by atoms with Crippen LogP contribution >= 0.6 is 50.3 Å². The largest absolute Gasteiger partial charge is 0.135 e. The molecule has 0 saturated carbocycles. The molecule has 1 aromatic rings. The molecule has 1 atom stereocenters. The number of halogens is 2. The zero-order valence-electron chi connectivity index (χ0n) is 7.97. The van der Waals surface area contributed by atoms with E-state index in [-0.39, 0.29) is 0 Å². The van der Waals surface area contributed by atoms with Crippen LogP contribution in [0.5, 0.6) is 0 Å². The van der Waals surface area contributed by atoms with Gasteiger partial charge in [-0.1, -0.05) is 23.1 Å². The highest BCUT2D eigenvalue weighted by Crippen LogP contribution is 2.66. The molecule has 0 radical (unpaired) electrons. The lowest BCUT2D eigenvalue weighted by atomic mass is 10.3. The fourth-order valence-corrected chi connectivity index (χ4v) is 9.38. The third-order valence-electron chi connectivity index (χ3n) is 1.77. The van der Waals surface area contributed by atoms with Gasteiger partial charge in [-0.05, 0) is 48.1 Å². The SMILES string of the molecule is [BH3-][P+](CBr)(c1sccc1Br)C(C)(C)C. The van der Waals surface area contributed by atoms with Crippen LogP contribution in [-0.4, -0.2) is 17.8 Å². The zero-order chi connectivity index (χ0) is 11.0. The van der Waals surface area contributed by atoms with Crippen LogP contribution in [0, 0.1) is 0 Å². The van der Waals surface area contributed by atoms with E-state index in [9.17, 15) is 0 Å². The average Bonchev–Trinajstić information content (AvgIpc) is 2.48. The summed E-state index contributed by atoms with van der Waals surface area (Å²) in [5.74, 6) is 0. The number of thiophene rings is 1. The maximum absolute atomic E-state index is 3.76. The molecule has 80 valence electrons. The van der Waals surface area contributed by atoms with Crippen molar-refractivity contribution in [2.75, 3.05) is 5.07 Å². The second kappa shape index (κ2) is 4.57. The molecule has 0 aliphatic rings. The first-order valence-corrected chi connectivity index (χ1v) is 8.35. The van der Waals surface area contributed by atoms with Crippen LogP contribution in [-0.2, 0) is 0 Å². The minimum absolute atomic E-state index is 0.351. The molecule has 0 N–H and O–H groups in total. The molecule has 0 bridgehead atoms. The van der Waals surface area contributed by atoms with Gasteiger partial charge in [0.1, 0.15) is 12.2 Å². The van der Waals surface area contributed by atoms with Crippen molar-refractivity contribution in [3.05, 3.63) is 15.9 Å². The standard InChI is InChI=1S/C9H16BBr2PS/c1-9(2,3)13(10,6-11)8-7(12)4-5-14-8/h4-5H,6H2,1-3,10H3. The van der Waals surface area contributed by atoms with Gasteiger partial charge < -0.3 is 0 Å². The Bertz CT molecular complexity index is 321. The number of alkyl halides is 1. The summed E-state index contributed by atoms with van der Waals surface area (Å²) < 4.78 is 3.00. The van der Waals surface area contributed by atoms with Crippen molar-refractivity contribution in [1.29, 1.82) is 0 Å². The van der Waals surface area contributed by atoms with Crippen LogP contribution in [0.25, 0.3) is 0 Å². The predicted molar refractivity (Wildman–Crippen MR) is 82.1 cm³/mol. The Labute approximate surface area is 109 Å². The number of hydrogen-bond donors (Lipinski definition) is 0. The summed E-state index contributed by atoms with van der Waals surface area (Å²) in [6.45, 7) is 7.21. The minimum atomic E-state index is -0.838. The van der Waals surface area contributed by atoms with E-state index < -0.39 is 7.14 Å². The molecule has 0 nitrogen and oxygen atoms in total. The van der Waals surface area contributed by atoms with E-state index in [4.69, 9.17) is 0 Å². The van der Waals surface area contributed by atoms with Gasteiger partial charge in [-0.15, -0.1) is 11.3 Å². The van der Waals surface area contributed by atoms with Gasteiger partial charge in [-0.3, -0.25) is 0 Å². The van der Waals surface area contributed by atoms with Gasteiger partial charge in [0.15, 0.2) is 0 Å². The van der Waals surface area contributed by atoms with Crippen molar-refractivity contribution in [3.8, 4) is 0 Å². The van der Waals surface area contributed by atoms with Gasteiger partial charge >= 0.3 is 0 Å². The Morgan fingerprint density at radius 3 is 2.36 bits per heavy atom. The maximum Gasteiger partial charge on any atom is 0.135 e. The molecule has 0 fully saturated rings. The average molecular weight is 358 g/mol. The summed E-state index contributed by atoms with van der Waals surface area (Å²) in [4.78, 5) is 0. The molecule has 1 unspecified atom stereocenters. The molecule has 0 aliphatic carbocycles. The monoisotopic (exact) mass is 356 g/mol. The van der Waals surface area contributed by atoms with Gasteiger partial charge in [0.2, 0.25) is 0 Å². The van der Waals surface area contributed by atoms with E-state index in [0.29, 0.717) is 12.7 Å². The molecular formula is C9H16BBr2PS. The minimum Gasteiger partial charge on any atom is -0.111 e. The third-order valence-corrected chi connectivity index (χ3v) is 8.79. The molecule has 1 rings (SSSR count). The molecular weight excluding hydrogens is 342 g/mol. The maximum atomic E-state index is 3.76. The third kappa shape index (κ3) is 2.29. The molecule has 0 aromatic carbocycles. The molecule has 0 spiro atoms. The van der Waals surface area contributed by atoms with Crippen molar-refractivity contribution >= 4 is 62.5 Å². The summed E-state index contributed by atoms with van der Waals surface area (Å²) in [7, 11) is -0.487. The van der Waals surface area contributed by atoms with Crippen molar-refractivity contribution in [2.45, 2.75) is 25.9 Å². The Morgan fingerprint density at radius 2 is 2.07 bits per heavy atom. The van der Waals surface area contributed by atoms with E-state index in [1.165, 1.54) is 9.54 Å². The number of rotatable bonds is 2. The highest BCUT2D eigenvalue weighted by molar-refractivity contribution is 9.11. The van der Waals surface area contributed by atoms with Gasteiger partial charge in [0.25, 0.3) is 0 Å². The molecule has 1 heterocycles. The van der Waals surface area contributed by atoms with Crippen LogP contribution in [0.15, 0.2) is 15.9 Å². The summed E-state index contributed by atoms with van der Waals surface area (Å²) in [5, 5.41) is 3.90. The lowest BCUT2D eigenvalue weighted by molar-refractivity contribution is 0.787. The van der Waals surface area contributed by atoms with E-state index in [2.05, 4.69) is 64.1 Å². The molecule has 0 saturated heterocycles. The Balaban J connectivity index is 3.22. The first-order valence-electron chi connectivity index (χ1n) is 4.03. The lowest BCUT2D eigenvalue weighted by Gasteiger charge is -2.39. The van der Waals surface area contributed by atoms with Gasteiger partial charge in [-0.2, -0.15) is 0 Å². The summed E-state index contributed by atoms with van der Waals surface area (Å²) in [6, 6.07) is 2.20. The first-order chi connectivity index (χ1) is 6.33. The zero-order valence-corrected chi connectivity index (χ0v) is 12.9. The Kier molecular flexibility index (Phi) is 4.31. The van der Waals surface area contributed by atoms with Crippen LogP contribution in [0.2, 0.25) is 0 Å². The summed E-state index contributed by atoms with van der Waals surface area (Å²) in [6.07, 6.45) is 0. The molecule has 5 heteroatoms. The Hall–Kier alpha value is 1.15. The van der Waals surface area contributed by atoms with Crippen molar-refractivity contribution < 1.29 is 0 Å². The van der Waals surface area contributed by atoms with E-state index >= 15 is 0 Å². The lowest BCUT2D eigenvalue weighted by Crippen LogP contribution is -2.28. The second-order valence-electron chi connectivity index (χ2n) is 3.79. The fraction of sp³-hybridized carbons (Fsp3) is 0.556. The Morgan fingerprint density at radius 1 is 1.50 bits per heavy atom. The van der Waals surface area contributed by atoms with E-state index in [1.807, 2.05) is 11.3 Å². The van der Waals surface area contributed by atoms with Crippen molar-refractivity contribution in [3.63, 3.8) is 0 Å². The van der Waals surface area contributed by atoms with Crippen LogP contribution in [0.1, 0.15) is 20.8 Å².